The molecule has 0 aromatic heterocycles. The number of carbonyl (C=O) groups excluding carboxylic acids is 2. The summed E-state index contributed by atoms with van der Waals surface area (Å²) in [5, 5.41) is 2.82. The standard InChI is InChI=1S/C16H16N2O3/c1-11-6-2-4-8-13(11)18-16(20)12-7-3-5-9-14(12)21-10-15(17)19/h2-9H,10H2,1H3,(H2,17,19)(H,18,20). The maximum atomic E-state index is 12.3. The fraction of sp³-hybridized carbons (Fsp3) is 0.125. The van der Waals surface area contributed by atoms with Crippen molar-refractivity contribution >= 4 is 17.5 Å². The maximum absolute atomic E-state index is 12.3. The van der Waals surface area contributed by atoms with E-state index in [0.29, 0.717) is 11.3 Å². The van der Waals surface area contributed by atoms with Crippen LogP contribution in [0.3, 0.4) is 0 Å². The number of hydrogen-bond donors (Lipinski definition) is 2. The molecule has 2 aromatic carbocycles. The second-order valence-electron chi connectivity index (χ2n) is 4.52. The molecule has 0 fully saturated rings. The molecule has 2 rings (SSSR count). The SMILES string of the molecule is Cc1ccccc1NC(=O)c1ccccc1OCC(N)=O. The molecular formula is C16H16N2O3. The minimum atomic E-state index is -0.593. The summed E-state index contributed by atoms with van der Waals surface area (Å²) in [5.74, 6) is -0.573. The van der Waals surface area contributed by atoms with Crippen molar-refractivity contribution in [2.45, 2.75) is 6.92 Å². The molecule has 0 aliphatic carbocycles. The average Bonchev–Trinajstić information content (AvgIpc) is 2.47. The second-order valence-corrected chi connectivity index (χ2v) is 4.52. The van der Waals surface area contributed by atoms with Crippen molar-refractivity contribution in [2.75, 3.05) is 11.9 Å². The first kappa shape index (κ1) is 14.6. The number of carbonyl (C=O) groups is 2. The first-order valence-electron chi connectivity index (χ1n) is 6.45. The molecule has 0 unspecified atom stereocenters. The number of hydrogen-bond acceptors (Lipinski definition) is 3. The van der Waals surface area contributed by atoms with Crippen LogP contribution in [0.25, 0.3) is 0 Å². The van der Waals surface area contributed by atoms with Gasteiger partial charge in [0.15, 0.2) is 6.61 Å². The minimum Gasteiger partial charge on any atom is -0.483 e. The highest BCUT2D eigenvalue weighted by atomic mass is 16.5. The molecular weight excluding hydrogens is 268 g/mol. The number of rotatable bonds is 5. The van der Waals surface area contributed by atoms with Crippen LogP contribution in [0, 0.1) is 6.92 Å². The zero-order valence-corrected chi connectivity index (χ0v) is 11.6. The van der Waals surface area contributed by atoms with E-state index >= 15 is 0 Å². The van der Waals surface area contributed by atoms with Crippen LogP contribution in [0.2, 0.25) is 0 Å². The second kappa shape index (κ2) is 6.56. The fourth-order valence-electron chi connectivity index (χ4n) is 1.83. The summed E-state index contributed by atoms with van der Waals surface area (Å²) < 4.78 is 5.25. The molecule has 5 heteroatoms. The molecule has 0 heterocycles. The summed E-state index contributed by atoms with van der Waals surface area (Å²) in [6, 6.07) is 14.2. The number of ether oxygens (including phenoxy) is 1. The van der Waals surface area contributed by atoms with E-state index in [1.165, 1.54) is 0 Å². The smallest absolute Gasteiger partial charge is 0.259 e. The van der Waals surface area contributed by atoms with Gasteiger partial charge >= 0.3 is 0 Å². The molecule has 2 aromatic rings. The highest BCUT2D eigenvalue weighted by molar-refractivity contribution is 6.06. The topological polar surface area (TPSA) is 81.4 Å². The number of anilines is 1. The van der Waals surface area contributed by atoms with Gasteiger partial charge in [0, 0.05) is 5.69 Å². The number of nitrogens with one attached hydrogen (secondary N) is 1. The van der Waals surface area contributed by atoms with Crippen molar-refractivity contribution in [2.24, 2.45) is 5.73 Å². The van der Waals surface area contributed by atoms with Crippen LogP contribution in [-0.4, -0.2) is 18.4 Å². The van der Waals surface area contributed by atoms with E-state index < -0.39 is 5.91 Å². The van der Waals surface area contributed by atoms with Gasteiger partial charge in [-0.1, -0.05) is 30.3 Å². The Kier molecular flexibility index (Phi) is 4.56. The molecule has 0 bridgehead atoms. The Bertz CT molecular complexity index is 668. The van der Waals surface area contributed by atoms with Gasteiger partial charge in [0.05, 0.1) is 5.56 Å². The van der Waals surface area contributed by atoms with E-state index in [1.807, 2.05) is 31.2 Å². The predicted molar refractivity (Wildman–Crippen MR) is 80.3 cm³/mol. The van der Waals surface area contributed by atoms with Crippen molar-refractivity contribution in [3.8, 4) is 5.75 Å². The molecule has 0 aliphatic heterocycles. The van der Waals surface area contributed by atoms with Crippen LogP contribution in [0.1, 0.15) is 15.9 Å². The summed E-state index contributed by atoms with van der Waals surface area (Å²) >= 11 is 0. The van der Waals surface area contributed by atoms with E-state index in [0.717, 1.165) is 11.3 Å². The first-order valence-corrected chi connectivity index (χ1v) is 6.45. The number of para-hydroxylation sites is 2. The highest BCUT2D eigenvalue weighted by Crippen LogP contribution is 2.21. The van der Waals surface area contributed by atoms with Gasteiger partial charge in [-0.2, -0.15) is 0 Å². The molecule has 2 amide bonds. The van der Waals surface area contributed by atoms with Crippen LogP contribution in [0.15, 0.2) is 48.5 Å². The van der Waals surface area contributed by atoms with Crippen molar-refractivity contribution in [1.29, 1.82) is 0 Å². The number of amides is 2. The molecule has 0 saturated heterocycles. The Morgan fingerprint density at radius 1 is 1.10 bits per heavy atom. The normalized spacial score (nSPS) is 9.95. The van der Waals surface area contributed by atoms with Crippen molar-refractivity contribution in [1.82, 2.24) is 0 Å². The zero-order valence-electron chi connectivity index (χ0n) is 11.6. The third-order valence-electron chi connectivity index (χ3n) is 2.89. The molecule has 0 radical (unpaired) electrons. The highest BCUT2D eigenvalue weighted by Gasteiger charge is 2.13. The monoisotopic (exact) mass is 284 g/mol. The summed E-state index contributed by atoms with van der Waals surface area (Å²) in [6.07, 6.45) is 0. The Morgan fingerprint density at radius 2 is 1.76 bits per heavy atom. The van der Waals surface area contributed by atoms with Crippen molar-refractivity contribution in [3.63, 3.8) is 0 Å². The van der Waals surface area contributed by atoms with Gasteiger partial charge in [-0.3, -0.25) is 9.59 Å². The lowest BCUT2D eigenvalue weighted by molar-refractivity contribution is -0.119. The van der Waals surface area contributed by atoms with Gasteiger partial charge in [0.25, 0.3) is 11.8 Å². The lowest BCUT2D eigenvalue weighted by atomic mass is 10.1. The Hall–Kier alpha value is -2.82. The van der Waals surface area contributed by atoms with E-state index in [1.54, 1.807) is 24.3 Å². The fourth-order valence-corrected chi connectivity index (χ4v) is 1.83. The molecule has 3 N–H and O–H groups in total. The molecule has 0 saturated carbocycles. The van der Waals surface area contributed by atoms with Gasteiger partial charge in [-0.15, -0.1) is 0 Å². The minimum absolute atomic E-state index is 0.269. The first-order chi connectivity index (χ1) is 10.1. The summed E-state index contributed by atoms with van der Waals surface area (Å²) in [4.78, 5) is 23.1. The third-order valence-corrected chi connectivity index (χ3v) is 2.89. The third kappa shape index (κ3) is 3.82. The van der Waals surface area contributed by atoms with Crippen molar-refractivity contribution < 1.29 is 14.3 Å². The van der Waals surface area contributed by atoms with Gasteiger partial charge in [0.1, 0.15) is 5.75 Å². The van der Waals surface area contributed by atoms with E-state index in [-0.39, 0.29) is 12.5 Å². The van der Waals surface area contributed by atoms with Gasteiger partial charge in [-0.05, 0) is 30.7 Å². The quantitative estimate of drug-likeness (QED) is 0.882. The van der Waals surface area contributed by atoms with Gasteiger partial charge < -0.3 is 15.8 Å². The Balaban J connectivity index is 2.19. The Morgan fingerprint density at radius 3 is 2.48 bits per heavy atom. The molecule has 21 heavy (non-hydrogen) atoms. The van der Waals surface area contributed by atoms with E-state index in [9.17, 15) is 9.59 Å². The van der Waals surface area contributed by atoms with Crippen LogP contribution >= 0.6 is 0 Å². The maximum Gasteiger partial charge on any atom is 0.259 e. The number of benzene rings is 2. The van der Waals surface area contributed by atoms with Gasteiger partial charge in [-0.25, -0.2) is 0 Å². The van der Waals surface area contributed by atoms with Crippen LogP contribution in [0.5, 0.6) is 5.75 Å². The number of aryl methyl sites for hydroxylation is 1. The van der Waals surface area contributed by atoms with Crippen molar-refractivity contribution in [3.05, 3.63) is 59.7 Å². The molecule has 0 aliphatic rings. The lowest BCUT2D eigenvalue weighted by Crippen LogP contribution is -2.21. The molecule has 5 nitrogen and oxygen atoms in total. The molecule has 0 spiro atoms. The van der Waals surface area contributed by atoms with Gasteiger partial charge in [0.2, 0.25) is 0 Å². The summed E-state index contributed by atoms with van der Waals surface area (Å²) in [7, 11) is 0. The van der Waals surface area contributed by atoms with E-state index in [4.69, 9.17) is 10.5 Å². The zero-order chi connectivity index (χ0) is 15.2. The summed E-state index contributed by atoms with van der Waals surface area (Å²) in [5.41, 5.74) is 7.08. The average molecular weight is 284 g/mol. The van der Waals surface area contributed by atoms with Crippen LogP contribution in [0.4, 0.5) is 5.69 Å². The largest absolute Gasteiger partial charge is 0.483 e. The molecule has 108 valence electrons. The number of nitrogens with two attached hydrogens (primary N) is 1. The van der Waals surface area contributed by atoms with Crippen LogP contribution < -0.4 is 15.8 Å². The van der Waals surface area contributed by atoms with Crippen LogP contribution in [-0.2, 0) is 4.79 Å². The van der Waals surface area contributed by atoms with E-state index in [2.05, 4.69) is 5.32 Å². The predicted octanol–water partition coefficient (Wildman–Crippen LogP) is 2.11. The number of primary amides is 1. The summed E-state index contributed by atoms with van der Waals surface area (Å²) in [6.45, 7) is 1.64. The molecule has 0 atom stereocenters. The lowest BCUT2D eigenvalue weighted by Gasteiger charge is -2.11. The Labute approximate surface area is 122 Å².